The number of carbonyl (C=O) groups excluding carboxylic acids is 7. The Morgan fingerprint density at radius 3 is 1.26 bits per heavy atom. The van der Waals surface area contributed by atoms with Crippen LogP contribution in [0.25, 0.3) is 0 Å². The van der Waals surface area contributed by atoms with Gasteiger partial charge in [-0.2, -0.15) is 0 Å². The molecule has 2 aromatic rings. The van der Waals surface area contributed by atoms with E-state index in [9.17, 15) is 48.6 Å². The van der Waals surface area contributed by atoms with E-state index in [2.05, 4.69) is 37.2 Å². The number of hydrogen-bond donors (Lipinski definition) is 10. The summed E-state index contributed by atoms with van der Waals surface area (Å²) in [5, 5.41) is 38.3. The van der Waals surface area contributed by atoms with Crippen molar-refractivity contribution >= 4 is 47.3 Å². The van der Waals surface area contributed by atoms with E-state index >= 15 is 0 Å². The number of nitrogens with one attached hydrogen (secondary N) is 7. The highest BCUT2D eigenvalue weighted by atomic mass is 16.4. The smallest absolute Gasteiger partial charge is 0.326 e. The zero-order valence-corrected chi connectivity index (χ0v) is 40.1. The summed E-state index contributed by atoms with van der Waals surface area (Å²) >= 11 is 0. The van der Waals surface area contributed by atoms with Crippen LogP contribution in [-0.2, 0) is 51.2 Å². The average molecular weight is 923 g/mol. The number of carboxylic acid groups (broad SMARTS) is 1. The van der Waals surface area contributed by atoms with Crippen LogP contribution in [0.15, 0.2) is 60.7 Å². The van der Waals surface area contributed by atoms with Crippen LogP contribution in [0.3, 0.4) is 0 Å². The number of hydrogen-bond acceptors (Lipinski definition) is 10. The number of rotatable bonds is 27. The molecule has 0 aromatic heterocycles. The second kappa shape index (κ2) is 27.6. The number of aliphatic carboxylic acids is 1. The highest BCUT2D eigenvalue weighted by Crippen LogP contribution is 2.14. The second-order valence-electron chi connectivity index (χ2n) is 18.3. The van der Waals surface area contributed by atoms with Crippen LogP contribution in [0.2, 0.25) is 0 Å². The van der Waals surface area contributed by atoms with Crippen molar-refractivity contribution in [3.05, 3.63) is 71.8 Å². The standard InChI is InChI=1S/C48H74N8O10/c1-11-29(8)40(56-41(58)30(9)50-46(63)38(49)31(10)57)47(64)54-37(25-33-20-16-13-17-21-33)44(61)53-36(24-32-18-14-12-15-19-32)43(60)51-34(22-26(2)3)42(59)52-35(23-27(4)5)45(62)55-39(28(6)7)48(65)66/h12-21,26-31,34-40,57H,11,22-25,49H2,1-10H3,(H,50,63)(H,51,60)(H,52,59)(H,53,61)(H,54,64)(H,55,62)(H,56,58)(H,65,66)/t29-,30-,31+,34-,35-,36-,37-,38-,39-,40-/m0/s1. The van der Waals surface area contributed by atoms with Gasteiger partial charge in [-0.05, 0) is 61.5 Å². The Morgan fingerprint density at radius 1 is 0.500 bits per heavy atom. The van der Waals surface area contributed by atoms with Gasteiger partial charge in [0.15, 0.2) is 0 Å². The number of benzene rings is 2. The molecule has 0 bridgehead atoms. The maximum absolute atomic E-state index is 14.5. The number of carbonyl (C=O) groups is 8. The van der Waals surface area contributed by atoms with E-state index in [0.29, 0.717) is 17.5 Å². The first-order chi connectivity index (χ1) is 30.9. The van der Waals surface area contributed by atoms with E-state index in [1.54, 1.807) is 81.4 Å². The summed E-state index contributed by atoms with van der Waals surface area (Å²) in [6.45, 7) is 17.0. The second-order valence-corrected chi connectivity index (χ2v) is 18.3. The maximum atomic E-state index is 14.5. The van der Waals surface area contributed by atoms with Crippen molar-refractivity contribution in [2.75, 3.05) is 0 Å². The molecule has 7 amide bonds. The normalized spacial score (nSPS) is 15.9. The van der Waals surface area contributed by atoms with Crippen LogP contribution in [0.5, 0.6) is 0 Å². The fraction of sp³-hybridized carbons (Fsp3) is 0.583. The molecule has 2 aromatic carbocycles. The third kappa shape index (κ3) is 18.9. The lowest BCUT2D eigenvalue weighted by molar-refractivity contribution is -0.143. The molecular formula is C48H74N8O10. The molecule has 0 unspecified atom stereocenters. The quantitative estimate of drug-likeness (QED) is 0.0613. The Labute approximate surface area is 389 Å². The first kappa shape index (κ1) is 56.2. The van der Waals surface area contributed by atoms with Gasteiger partial charge in [0.05, 0.1) is 6.10 Å². The minimum Gasteiger partial charge on any atom is -0.480 e. The zero-order chi connectivity index (χ0) is 49.8. The van der Waals surface area contributed by atoms with E-state index in [4.69, 9.17) is 5.73 Å². The largest absolute Gasteiger partial charge is 0.480 e. The lowest BCUT2D eigenvalue weighted by Crippen LogP contribution is -2.61. The number of nitrogens with two attached hydrogens (primary N) is 1. The molecule has 366 valence electrons. The molecule has 0 spiro atoms. The third-order valence-electron chi connectivity index (χ3n) is 11.1. The van der Waals surface area contributed by atoms with Crippen LogP contribution in [-0.4, -0.2) is 112 Å². The molecule has 66 heavy (non-hydrogen) atoms. The van der Waals surface area contributed by atoms with Crippen molar-refractivity contribution in [3.63, 3.8) is 0 Å². The van der Waals surface area contributed by atoms with Crippen LogP contribution >= 0.6 is 0 Å². The Bertz CT molecular complexity index is 1910. The first-order valence-corrected chi connectivity index (χ1v) is 22.8. The summed E-state index contributed by atoms with van der Waals surface area (Å²) in [6.07, 6.45) is -0.437. The van der Waals surface area contributed by atoms with Gasteiger partial charge in [0.25, 0.3) is 0 Å². The lowest BCUT2D eigenvalue weighted by Gasteiger charge is -2.29. The fourth-order valence-corrected chi connectivity index (χ4v) is 6.94. The predicted molar refractivity (Wildman–Crippen MR) is 250 cm³/mol. The molecule has 0 aliphatic rings. The Hall–Kier alpha value is -5.88. The molecule has 0 radical (unpaired) electrons. The highest BCUT2D eigenvalue weighted by molar-refractivity contribution is 5.97. The summed E-state index contributed by atoms with van der Waals surface area (Å²) in [5.41, 5.74) is 7.08. The molecule has 0 fully saturated rings. The highest BCUT2D eigenvalue weighted by Gasteiger charge is 2.36. The first-order valence-electron chi connectivity index (χ1n) is 22.8. The monoisotopic (exact) mass is 923 g/mol. The van der Waals surface area contributed by atoms with Gasteiger partial charge in [0.1, 0.15) is 48.3 Å². The predicted octanol–water partition coefficient (Wildman–Crippen LogP) is 1.47. The topological polar surface area (TPSA) is 287 Å². The zero-order valence-electron chi connectivity index (χ0n) is 40.1. The van der Waals surface area contributed by atoms with Crippen LogP contribution in [0.4, 0.5) is 0 Å². The van der Waals surface area contributed by atoms with E-state index in [1.165, 1.54) is 13.8 Å². The molecule has 0 heterocycles. The lowest BCUT2D eigenvalue weighted by atomic mass is 9.96. The molecule has 0 aliphatic heterocycles. The average Bonchev–Trinajstić information content (AvgIpc) is 3.25. The summed E-state index contributed by atoms with van der Waals surface area (Å²) in [6, 6.07) is 8.08. The molecule has 2 rings (SSSR count). The van der Waals surface area contributed by atoms with Gasteiger partial charge in [-0.3, -0.25) is 33.6 Å². The molecule has 10 atom stereocenters. The van der Waals surface area contributed by atoms with Gasteiger partial charge in [-0.15, -0.1) is 0 Å². The van der Waals surface area contributed by atoms with Crippen molar-refractivity contribution < 1.29 is 48.6 Å². The van der Waals surface area contributed by atoms with E-state index in [0.717, 1.165) is 0 Å². The fourth-order valence-electron chi connectivity index (χ4n) is 6.94. The summed E-state index contributed by atoms with van der Waals surface area (Å²) in [4.78, 5) is 108. The number of carboxylic acids is 1. The molecule has 18 heteroatoms. The number of amides is 7. The van der Waals surface area contributed by atoms with Gasteiger partial charge >= 0.3 is 5.97 Å². The minimum atomic E-state index is -1.29. The van der Waals surface area contributed by atoms with Gasteiger partial charge < -0.3 is 53.2 Å². The molecule has 0 saturated heterocycles. The maximum Gasteiger partial charge on any atom is 0.326 e. The van der Waals surface area contributed by atoms with Crippen molar-refractivity contribution in [1.82, 2.24) is 37.2 Å². The Kier molecular flexibility index (Phi) is 23.5. The van der Waals surface area contributed by atoms with E-state index in [-0.39, 0.29) is 37.5 Å². The van der Waals surface area contributed by atoms with Crippen LogP contribution < -0.4 is 43.0 Å². The van der Waals surface area contributed by atoms with Crippen molar-refractivity contribution in [3.8, 4) is 0 Å². The Morgan fingerprint density at radius 2 is 0.879 bits per heavy atom. The van der Waals surface area contributed by atoms with Crippen LogP contribution in [0, 0.1) is 23.7 Å². The molecule has 0 saturated carbocycles. The minimum absolute atomic E-state index is 0.0137. The van der Waals surface area contributed by atoms with Crippen molar-refractivity contribution in [2.24, 2.45) is 29.4 Å². The summed E-state index contributed by atoms with van der Waals surface area (Å²) < 4.78 is 0. The number of aliphatic hydroxyl groups excluding tert-OH is 1. The molecule has 11 N–H and O–H groups in total. The molecule has 18 nitrogen and oxygen atoms in total. The van der Waals surface area contributed by atoms with Gasteiger partial charge in [0.2, 0.25) is 41.4 Å². The van der Waals surface area contributed by atoms with Gasteiger partial charge in [0, 0.05) is 12.8 Å². The third-order valence-corrected chi connectivity index (χ3v) is 11.1. The van der Waals surface area contributed by atoms with Crippen molar-refractivity contribution in [1.29, 1.82) is 0 Å². The van der Waals surface area contributed by atoms with Gasteiger partial charge in [-0.1, -0.05) is 122 Å². The van der Waals surface area contributed by atoms with E-state index in [1.807, 2.05) is 34.6 Å². The summed E-state index contributed by atoms with van der Waals surface area (Å²) in [7, 11) is 0. The summed E-state index contributed by atoms with van der Waals surface area (Å²) in [5.74, 6) is -7.28. The molecule has 0 aliphatic carbocycles. The molecular weight excluding hydrogens is 849 g/mol. The van der Waals surface area contributed by atoms with E-state index < -0.39 is 114 Å². The Balaban J connectivity index is 2.50. The van der Waals surface area contributed by atoms with Crippen LogP contribution in [0.1, 0.15) is 99.6 Å². The van der Waals surface area contributed by atoms with Gasteiger partial charge in [-0.25, -0.2) is 4.79 Å². The SMILES string of the molecule is CC[C@H](C)[C@H](NC(=O)[C@H](C)NC(=O)[C@@H](N)[C@@H](C)O)C(=O)N[C@@H](Cc1ccccc1)C(=O)N[C@@H](Cc1ccccc1)C(=O)N[C@@H](CC(C)C)C(=O)N[C@@H](CC(C)C)C(=O)N[C@H](C(=O)O)C(C)C. The number of aliphatic hydroxyl groups is 1. The van der Waals surface area contributed by atoms with Crippen molar-refractivity contribution in [2.45, 2.75) is 156 Å².